The van der Waals surface area contributed by atoms with E-state index in [2.05, 4.69) is 22.2 Å². The van der Waals surface area contributed by atoms with E-state index in [4.69, 9.17) is 16.6 Å². The average Bonchev–Trinajstić information content (AvgIpc) is 3.30. The van der Waals surface area contributed by atoms with Gasteiger partial charge in [-0.3, -0.25) is 15.6 Å². The minimum atomic E-state index is -0.156. The maximum absolute atomic E-state index is 12.3. The lowest BCUT2D eigenvalue weighted by atomic mass is 10.0. The first-order chi connectivity index (χ1) is 12.7. The summed E-state index contributed by atoms with van der Waals surface area (Å²) in [7, 11) is 0. The predicted molar refractivity (Wildman–Crippen MR) is 107 cm³/mol. The summed E-state index contributed by atoms with van der Waals surface area (Å²) in [4.78, 5) is 12.3. The largest absolute Gasteiger partial charge is 0.464 e. The molecule has 1 aromatic heterocycles. The van der Waals surface area contributed by atoms with E-state index >= 15 is 0 Å². The molecule has 3 N–H and O–H groups in total. The summed E-state index contributed by atoms with van der Waals surface area (Å²) < 4.78 is 5.63. The second kappa shape index (κ2) is 7.33. The molecule has 1 aliphatic carbocycles. The number of nitrogens with one attached hydrogen (secondary N) is 3. The van der Waals surface area contributed by atoms with Gasteiger partial charge in [-0.05, 0) is 41.9 Å². The number of fused-ring (bicyclic) bond motifs is 3. The summed E-state index contributed by atoms with van der Waals surface area (Å²) >= 11 is 5.24. The second-order valence-corrected chi connectivity index (χ2v) is 7.13. The van der Waals surface area contributed by atoms with Gasteiger partial charge in [0, 0.05) is 17.0 Å². The van der Waals surface area contributed by atoms with Crippen LogP contribution in [-0.4, -0.2) is 17.1 Å². The molecule has 0 bridgehead atoms. The Bertz CT molecular complexity index is 960. The highest BCUT2D eigenvalue weighted by Gasteiger charge is 2.16. The highest BCUT2D eigenvalue weighted by Crippen LogP contribution is 2.30. The fraction of sp³-hybridized carbons (Fsp3) is 0.300. The maximum Gasteiger partial charge on any atom is 0.242 e. The van der Waals surface area contributed by atoms with Crippen molar-refractivity contribution >= 4 is 45.0 Å². The van der Waals surface area contributed by atoms with E-state index in [1.807, 2.05) is 30.3 Å². The van der Waals surface area contributed by atoms with E-state index in [0.717, 1.165) is 40.1 Å². The number of carbonyl (C=O) groups is 1. The molecule has 2 aromatic carbocycles. The molecule has 26 heavy (non-hydrogen) atoms. The van der Waals surface area contributed by atoms with Crippen LogP contribution in [0.3, 0.4) is 0 Å². The summed E-state index contributed by atoms with van der Waals surface area (Å²) in [6.45, 7) is 0. The predicted octanol–water partition coefficient (Wildman–Crippen LogP) is 3.57. The molecule has 6 heteroatoms. The number of rotatable bonds is 3. The second-order valence-electron chi connectivity index (χ2n) is 6.73. The van der Waals surface area contributed by atoms with Crippen molar-refractivity contribution in [2.75, 3.05) is 0 Å². The lowest BCUT2D eigenvalue weighted by molar-refractivity contribution is -0.121. The smallest absolute Gasteiger partial charge is 0.242 e. The van der Waals surface area contributed by atoms with Gasteiger partial charge in [0.15, 0.2) is 5.11 Å². The number of hydrazine groups is 1. The van der Waals surface area contributed by atoms with Crippen LogP contribution in [0.1, 0.15) is 31.2 Å². The molecule has 1 saturated carbocycles. The number of furan rings is 1. The lowest BCUT2D eigenvalue weighted by Crippen LogP contribution is -2.49. The molecule has 0 unspecified atom stereocenters. The zero-order chi connectivity index (χ0) is 17.9. The number of carbonyl (C=O) groups excluding carboxylic acids is 1. The first kappa shape index (κ1) is 16.8. The fourth-order valence-corrected chi connectivity index (χ4v) is 3.86. The highest BCUT2D eigenvalue weighted by atomic mass is 32.1. The van der Waals surface area contributed by atoms with Crippen LogP contribution >= 0.6 is 12.2 Å². The summed E-state index contributed by atoms with van der Waals surface area (Å²) in [5, 5.41) is 6.91. The van der Waals surface area contributed by atoms with Gasteiger partial charge in [0.1, 0.15) is 5.58 Å². The molecule has 0 saturated heterocycles. The van der Waals surface area contributed by atoms with Crippen LogP contribution in [0.15, 0.2) is 47.1 Å². The Morgan fingerprint density at radius 2 is 1.92 bits per heavy atom. The van der Waals surface area contributed by atoms with Crippen molar-refractivity contribution in [3.63, 3.8) is 0 Å². The summed E-state index contributed by atoms with van der Waals surface area (Å²) in [5.74, 6) is -0.156. The fourth-order valence-electron chi connectivity index (χ4n) is 3.64. The SMILES string of the molecule is O=C(Cc1coc2ccc3ccccc3c12)NNC(=S)NC1CCCC1. The van der Waals surface area contributed by atoms with Crippen LogP contribution in [0, 0.1) is 0 Å². The Kier molecular flexibility index (Phi) is 4.75. The standard InChI is InChI=1S/C20H21N3O2S/c24-18(22-23-20(26)21-15-6-2-3-7-15)11-14-12-25-17-10-9-13-5-1-4-8-16(13)19(14)17/h1,4-5,8-10,12,15H,2-3,6-7,11H2,(H,22,24)(H2,21,23,26). The summed E-state index contributed by atoms with van der Waals surface area (Å²) in [6, 6.07) is 12.5. The van der Waals surface area contributed by atoms with Crippen LogP contribution < -0.4 is 16.2 Å². The number of amides is 1. The molecule has 0 spiro atoms. The first-order valence-electron chi connectivity index (χ1n) is 8.94. The lowest BCUT2D eigenvalue weighted by Gasteiger charge is -2.16. The zero-order valence-electron chi connectivity index (χ0n) is 14.4. The van der Waals surface area contributed by atoms with Crippen LogP contribution in [0.5, 0.6) is 0 Å². The maximum atomic E-state index is 12.3. The minimum Gasteiger partial charge on any atom is -0.464 e. The minimum absolute atomic E-state index is 0.156. The van der Waals surface area contributed by atoms with Gasteiger partial charge >= 0.3 is 0 Å². The third-order valence-electron chi connectivity index (χ3n) is 4.90. The van der Waals surface area contributed by atoms with Gasteiger partial charge in [-0.1, -0.05) is 43.2 Å². The monoisotopic (exact) mass is 367 g/mol. The molecule has 1 amide bonds. The summed E-state index contributed by atoms with van der Waals surface area (Å²) in [5.41, 5.74) is 7.13. The molecule has 1 fully saturated rings. The summed E-state index contributed by atoms with van der Waals surface area (Å²) in [6.07, 6.45) is 6.60. The van der Waals surface area contributed by atoms with E-state index in [0.29, 0.717) is 11.2 Å². The third-order valence-corrected chi connectivity index (χ3v) is 5.12. The van der Waals surface area contributed by atoms with E-state index in [-0.39, 0.29) is 12.3 Å². The Balaban J connectivity index is 1.43. The van der Waals surface area contributed by atoms with Crippen molar-refractivity contribution in [3.8, 4) is 0 Å². The molecule has 1 heterocycles. The van der Waals surface area contributed by atoms with Crippen molar-refractivity contribution in [3.05, 3.63) is 48.2 Å². The van der Waals surface area contributed by atoms with Gasteiger partial charge in [-0.2, -0.15) is 0 Å². The van der Waals surface area contributed by atoms with Gasteiger partial charge < -0.3 is 9.73 Å². The molecule has 0 aliphatic heterocycles. The molecule has 0 atom stereocenters. The van der Waals surface area contributed by atoms with E-state index in [9.17, 15) is 4.79 Å². The highest BCUT2D eigenvalue weighted by molar-refractivity contribution is 7.80. The molecule has 5 nitrogen and oxygen atoms in total. The molecular formula is C20H21N3O2S. The van der Waals surface area contributed by atoms with Crippen LogP contribution in [0.2, 0.25) is 0 Å². The van der Waals surface area contributed by atoms with E-state index < -0.39 is 0 Å². The molecule has 1 aliphatic rings. The molecule has 3 aromatic rings. The van der Waals surface area contributed by atoms with E-state index in [1.54, 1.807) is 6.26 Å². The molecule has 134 valence electrons. The average molecular weight is 367 g/mol. The van der Waals surface area contributed by atoms with E-state index in [1.165, 1.54) is 12.8 Å². The van der Waals surface area contributed by atoms with Crippen molar-refractivity contribution < 1.29 is 9.21 Å². The topological polar surface area (TPSA) is 66.3 Å². The quantitative estimate of drug-likeness (QED) is 0.488. The van der Waals surface area contributed by atoms with Gasteiger partial charge in [-0.25, -0.2) is 0 Å². The van der Waals surface area contributed by atoms with Gasteiger partial charge in [0.2, 0.25) is 5.91 Å². The molecule has 4 rings (SSSR count). The van der Waals surface area contributed by atoms with Gasteiger partial charge in [0.05, 0.1) is 12.7 Å². The molecular weight excluding hydrogens is 346 g/mol. The number of benzene rings is 2. The molecule has 0 radical (unpaired) electrons. The third kappa shape index (κ3) is 3.51. The van der Waals surface area contributed by atoms with Gasteiger partial charge in [0.25, 0.3) is 0 Å². The Morgan fingerprint density at radius 1 is 1.12 bits per heavy atom. The van der Waals surface area contributed by atoms with Crippen LogP contribution in [0.4, 0.5) is 0 Å². The number of thiocarbonyl (C=S) groups is 1. The number of hydrogen-bond acceptors (Lipinski definition) is 3. The zero-order valence-corrected chi connectivity index (χ0v) is 15.2. The van der Waals surface area contributed by atoms with Crippen LogP contribution in [0.25, 0.3) is 21.7 Å². The normalized spacial score (nSPS) is 14.6. The van der Waals surface area contributed by atoms with Crippen molar-refractivity contribution in [2.24, 2.45) is 0 Å². The van der Waals surface area contributed by atoms with Gasteiger partial charge in [-0.15, -0.1) is 0 Å². The Hall–Kier alpha value is -2.60. The Morgan fingerprint density at radius 3 is 2.77 bits per heavy atom. The Labute approximate surface area is 157 Å². The van der Waals surface area contributed by atoms with Crippen molar-refractivity contribution in [2.45, 2.75) is 38.1 Å². The van der Waals surface area contributed by atoms with Crippen molar-refractivity contribution in [1.82, 2.24) is 16.2 Å². The number of hydrogen-bond donors (Lipinski definition) is 3. The van der Waals surface area contributed by atoms with Crippen LogP contribution in [-0.2, 0) is 11.2 Å². The first-order valence-corrected chi connectivity index (χ1v) is 9.35. The van der Waals surface area contributed by atoms with Crippen molar-refractivity contribution in [1.29, 1.82) is 0 Å².